The molecule has 13 heavy (non-hydrogen) atoms. The van der Waals surface area contributed by atoms with Crippen LogP contribution in [0.15, 0.2) is 18.3 Å². The minimum atomic E-state index is 0.188. The largest absolute Gasteiger partial charge is 0.396 e. The molecule has 0 spiro atoms. The van der Waals surface area contributed by atoms with Gasteiger partial charge in [-0.15, -0.1) is 0 Å². The van der Waals surface area contributed by atoms with Crippen molar-refractivity contribution in [1.82, 2.24) is 4.98 Å². The molecule has 0 unspecified atom stereocenters. The molecular weight excluding hydrogens is 186 g/mol. The number of aliphatic hydroxyl groups is 1. The monoisotopic (exact) mass is 195 g/mol. The average molecular weight is 196 g/mol. The summed E-state index contributed by atoms with van der Waals surface area (Å²) in [4.78, 5) is 3.89. The molecular formula is C10H10ClNO. The van der Waals surface area contributed by atoms with Gasteiger partial charge in [0, 0.05) is 24.8 Å². The fraction of sp³-hybridized carbons (Fsp3) is 0.300. The first kappa shape index (κ1) is 10.0. The molecule has 1 heterocycles. The fourth-order valence-corrected chi connectivity index (χ4v) is 0.894. The van der Waals surface area contributed by atoms with Crippen LogP contribution in [0.5, 0.6) is 0 Å². The number of aliphatic hydroxyl groups excluding tert-OH is 1. The van der Waals surface area contributed by atoms with Crippen LogP contribution < -0.4 is 0 Å². The molecule has 0 aliphatic heterocycles. The third-order valence-electron chi connectivity index (χ3n) is 1.42. The quantitative estimate of drug-likeness (QED) is 0.444. The van der Waals surface area contributed by atoms with Gasteiger partial charge in [0.1, 0.15) is 5.15 Å². The second-order valence-corrected chi connectivity index (χ2v) is 2.89. The first-order valence-electron chi connectivity index (χ1n) is 4.04. The molecule has 0 aromatic carbocycles. The van der Waals surface area contributed by atoms with Gasteiger partial charge in [0.15, 0.2) is 0 Å². The fourth-order valence-electron chi connectivity index (χ4n) is 0.782. The Balaban J connectivity index is 2.52. The van der Waals surface area contributed by atoms with Crippen LogP contribution in [0.4, 0.5) is 0 Å². The predicted octanol–water partition coefficient (Wildman–Crippen LogP) is 1.86. The zero-order valence-electron chi connectivity index (χ0n) is 7.13. The van der Waals surface area contributed by atoms with Crippen molar-refractivity contribution in [3.8, 4) is 11.8 Å². The van der Waals surface area contributed by atoms with Crippen LogP contribution in [0.3, 0.4) is 0 Å². The third-order valence-corrected chi connectivity index (χ3v) is 1.64. The smallest absolute Gasteiger partial charge is 0.129 e. The molecule has 1 aromatic heterocycles. The molecule has 0 radical (unpaired) electrons. The van der Waals surface area contributed by atoms with Gasteiger partial charge < -0.3 is 5.11 Å². The summed E-state index contributed by atoms with van der Waals surface area (Å²) in [5, 5.41) is 8.98. The van der Waals surface area contributed by atoms with Crippen molar-refractivity contribution in [2.75, 3.05) is 6.61 Å². The Bertz CT molecular complexity index is 310. The van der Waals surface area contributed by atoms with Crippen LogP contribution in [-0.4, -0.2) is 16.7 Å². The molecule has 0 aliphatic rings. The maximum absolute atomic E-state index is 8.50. The number of nitrogens with zero attached hydrogens (tertiary/aromatic N) is 1. The highest BCUT2D eigenvalue weighted by Gasteiger charge is 1.87. The minimum absolute atomic E-state index is 0.188. The SMILES string of the molecule is OCCCC#Cc1ccc(Cl)nc1. The Morgan fingerprint density at radius 3 is 2.92 bits per heavy atom. The Morgan fingerprint density at radius 1 is 1.46 bits per heavy atom. The second-order valence-electron chi connectivity index (χ2n) is 2.50. The van der Waals surface area contributed by atoms with Gasteiger partial charge in [0.25, 0.3) is 0 Å². The van der Waals surface area contributed by atoms with E-state index in [9.17, 15) is 0 Å². The van der Waals surface area contributed by atoms with Crippen molar-refractivity contribution in [3.05, 3.63) is 29.0 Å². The van der Waals surface area contributed by atoms with E-state index in [2.05, 4.69) is 16.8 Å². The maximum Gasteiger partial charge on any atom is 0.129 e. The van der Waals surface area contributed by atoms with E-state index >= 15 is 0 Å². The van der Waals surface area contributed by atoms with E-state index in [0.717, 1.165) is 5.56 Å². The van der Waals surface area contributed by atoms with Crippen molar-refractivity contribution in [1.29, 1.82) is 0 Å². The zero-order valence-corrected chi connectivity index (χ0v) is 7.88. The number of halogens is 1. The summed E-state index contributed by atoms with van der Waals surface area (Å²) in [5.41, 5.74) is 0.849. The molecule has 2 nitrogen and oxygen atoms in total. The Morgan fingerprint density at radius 2 is 2.31 bits per heavy atom. The van der Waals surface area contributed by atoms with Crippen molar-refractivity contribution in [2.45, 2.75) is 12.8 Å². The van der Waals surface area contributed by atoms with E-state index in [4.69, 9.17) is 16.7 Å². The van der Waals surface area contributed by atoms with E-state index in [1.54, 1.807) is 12.3 Å². The van der Waals surface area contributed by atoms with Gasteiger partial charge in [-0.3, -0.25) is 0 Å². The van der Waals surface area contributed by atoms with Crippen molar-refractivity contribution in [3.63, 3.8) is 0 Å². The number of pyridine rings is 1. The molecule has 0 aliphatic carbocycles. The van der Waals surface area contributed by atoms with E-state index in [1.807, 2.05) is 6.07 Å². The highest BCUT2D eigenvalue weighted by atomic mass is 35.5. The molecule has 0 bridgehead atoms. The van der Waals surface area contributed by atoms with Crippen LogP contribution >= 0.6 is 11.6 Å². The molecule has 3 heteroatoms. The Kier molecular flexibility index (Phi) is 4.31. The summed E-state index contributed by atoms with van der Waals surface area (Å²) >= 11 is 5.60. The molecule has 0 saturated heterocycles. The lowest BCUT2D eigenvalue weighted by atomic mass is 10.2. The van der Waals surface area contributed by atoms with E-state index < -0.39 is 0 Å². The molecule has 1 N–H and O–H groups in total. The first-order valence-corrected chi connectivity index (χ1v) is 4.42. The predicted molar refractivity (Wildman–Crippen MR) is 52.4 cm³/mol. The highest BCUT2D eigenvalue weighted by molar-refractivity contribution is 6.29. The Hall–Kier alpha value is -1.04. The molecule has 1 rings (SSSR count). The van der Waals surface area contributed by atoms with Crippen LogP contribution in [-0.2, 0) is 0 Å². The number of aromatic nitrogens is 1. The minimum Gasteiger partial charge on any atom is -0.396 e. The van der Waals surface area contributed by atoms with Crippen LogP contribution in [0.2, 0.25) is 5.15 Å². The van der Waals surface area contributed by atoms with Crippen molar-refractivity contribution < 1.29 is 5.11 Å². The van der Waals surface area contributed by atoms with Crippen molar-refractivity contribution in [2.24, 2.45) is 0 Å². The summed E-state index contributed by atoms with van der Waals surface area (Å²) in [7, 11) is 0. The van der Waals surface area contributed by atoms with Gasteiger partial charge in [0.05, 0.1) is 0 Å². The number of hydrogen-bond acceptors (Lipinski definition) is 2. The molecule has 0 amide bonds. The van der Waals surface area contributed by atoms with E-state index in [-0.39, 0.29) is 6.61 Å². The second kappa shape index (κ2) is 5.58. The molecule has 0 atom stereocenters. The number of unbranched alkanes of at least 4 members (excludes halogenated alkanes) is 1. The Labute approximate surface area is 82.6 Å². The lowest BCUT2D eigenvalue weighted by Crippen LogP contribution is -1.80. The number of hydrogen-bond donors (Lipinski definition) is 1. The highest BCUT2D eigenvalue weighted by Crippen LogP contribution is 2.03. The van der Waals surface area contributed by atoms with Gasteiger partial charge >= 0.3 is 0 Å². The summed E-state index contributed by atoms with van der Waals surface area (Å²) in [6.07, 6.45) is 3.06. The number of rotatable bonds is 2. The van der Waals surface area contributed by atoms with Crippen LogP contribution in [0.25, 0.3) is 0 Å². The third kappa shape index (κ3) is 3.93. The topological polar surface area (TPSA) is 33.1 Å². The molecule has 0 fully saturated rings. The van der Waals surface area contributed by atoms with Crippen LogP contribution in [0, 0.1) is 11.8 Å². The van der Waals surface area contributed by atoms with Gasteiger partial charge in [-0.25, -0.2) is 4.98 Å². The maximum atomic E-state index is 8.50. The summed E-state index contributed by atoms with van der Waals surface area (Å²) in [6.45, 7) is 0.188. The first-order chi connectivity index (χ1) is 6.33. The van der Waals surface area contributed by atoms with Gasteiger partial charge in [-0.2, -0.15) is 0 Å². The molecule has 0 saturated carbocycles. The van der Waals surface area contributed by atoms with Crippen LogP contribution in [0.1, 0.15) is 18.4 Å². The van der Waals surface area contributed by atoms with E-state index in [1.165, 1.54) is 0 Å². The zero-order chi connectivity index (χ0) is 9.52. The summed E-state index contributed by atoms with van der Waals surface area (Å²) < 4.78 is 0. The molecule has 68 valence electrons. The average Bonchev–Trinajstić information content (AvgIpc) is 2.15. The molecule has 1 aromatic rings. The normalized spacial score (nSPS) is 9.08. The van der Waals surface area contributed by atoms with Gasteiger partial charge in [0.2, 0.25) is 0 Å². The van der Waals surface area contributed by atoms with Gasteiger partial charge in [-0.1, -0.05) is 23.4 Å². The lowest BCUT2D eigenvalue weighted by Gasteiger charge is -1.89. The van der Waals surface area contributed by atoms with Gasteiger partial charge in [-0.05, 0) is 18.6 Å². The van der Waals surface area contributed by atoms with E-state index in [0.29, 0.717) is 18.0 Å². The summed E-state index contributed by atoms with van der Waals surface area (Å²) in [5.74, 6) is 5.85. The van der Waals surface area contributed by atoms with Crippen molar-refractivity contribution >= 4 is 11.6 Å². The summed E-state index contributed by atoms with van der Waals surface area (Å²) in [6, 6.07) is 3.53. The standard InChI is InChI=1S/C10H10ClNO/c11-10-6-5-9(8-12-10)4-2-1-3-7-13/h5-6,8,13H,1,3,7H2. The lowest BCUT2D eigenvalue weighted by molar-refractivity contribution is 0.290.